The summed E-state index contributed by atoms with van der Waals surface area (Å²) in [5.41, 5.74) is 0.907. The molecule has 0 N–H and O–H groups in total. The number of alkyl halides is 1. The van der Waals surface area contributed by atoms with Crippen molar-refractivity contribution in [3.05, 3.63) is 24.4 Å². The first-order valence-corrected chi connectivity index (χ1v) is 3.78. The summed E-state index contributed by atoms with van der Waals surface area (Å²) in [5.74, 6) is 0.855. The van der Waals surface area contributed by atoms with Gasteiger partial charge in [0.25, 0.3) is 0 Å². The molecule has 0 atom stereocenters. The zero-order chi connectivity index (χ0) is 6.69. The van der Waals surface area contributed by atoms with E-state index in [2.05, 4.69) is 28.0 Å². The zero-order valence-corrected chi connectivity index (χ0v) is 6.52. The van der Waals surface area contributed by atoms with Crippen molar-refractivity contribution in [3.63, 3.8) is 0 Å². The van der Waals surface area contributed by atoms with E-state index in [-0.39, 0.29) is 0 Å². The Morgan fingerprint density at radius 1 is 1.78 bits per heavy atom. The van der Waals surface area contributed by atoms with Gasteiger partial charge in [-0.15, -0.1) is 0 Å². The minimum Gasteiger partial charge on any atom is -0.360 e. The fourth-order valence-electron chi connectivity index (χ4n) is 0.537. The molecular weight excluding hydrogens is 182 g/mol. The van der Waals surface area contributed by atoms with Crippen LogP contribution in [-0.4, -0.2) is 5.16 Å². The Labute approximate surface area is 62.4 Å². The molecule has 0 spiro atoms. The van der Waals surface area contributed by atoms with Crippen molar-refractivity contribution in [3.8, 4) is 0 Å². The van der Waals surface area contributed by atoms with Crippen LogP contribution >= 0.6 is 15.9 Å². The van der Waals surface area contributed by atoms with Crippen LogP contribution in [0, 0.1) is 6.92 Å². The average molecular weight is 189 g/mol. The van der Waals surface area contributed by atoms with Crippen molar-refractivity contribution in [2.45, 2.75) is 11.8 Å². The maximum atomic E-state index is 4.87. The maximum Gasteiger partial charge on any atom is 0.147 e. The summed E-state index contributed by atoms with van der Waals surface area (Å²) in [6.45, 7) is 3.67. The van der Waals surface area contributed by atoms with Gasteiger partial charge in [0.05, 0.1) is 11.0 Å². The number of hydrogen-bond acceptors (Lipinski definition) is 2. The molecule has 0 aromatic carbocycles. The van der Waals surface area contributed by atoms with E-state index in [4.69, 9.17) is 4.52 Å². The lowest BCUT2D eigenvalue weighted by molar-refractivity contribution is 0.390. The van der Waals surface area contributed by atoms with Crippen LogP contribution in [0.25, 0.3) is 0 Å². The first kappa shape index (κ1) is 6.81. The molecule has 0 bridgehead atoms. The molecule has 3 heteroatoms. The Morgan fingerprint density at radius 2 is 2.56 bits per heavy atom. The number of nitrogens with zero attached hydrogens (tertiary/aromatic N) is 1. The highest BCUT2D eigenvalue weighted by Gasteiger charge is 1.98. The van der Waals surface area contributed by atoms with Crippen molar-refractivity contribution >= 4 is 15.9 Å². The molecule has 1 radical (unpaired) electrons. The lowest BCUT2D eigenvalue weighted by atomic mass is 10.3. The second-order valence-corrected chi connectivity index (χ2v) is 2.23. The van der Waals surface area contributed by atoms with Gasteiger partial charge in [-0.3, -0.25) is 0 Å². The van der Waals surface area contributed by atoms with Gasteiger partial charge in [0.2, 0.25) is 0 Å². The topological polar surface area (TPSA) is 26.0 Å². The summed E-state index contributed by atoms with van der Waals surface area (Å²) in [4.78, 5) is 0. The molecular formula is C6H7BrNO. The average Bonchev–Trinajstić information content (AvgIpc) is 2.34. The SMILES string of the molecule is [CH2]Cc1cc(CBr)on1. The van der Waals surface area contributed by atoms with E-state index in [9.17, 15) is 0 Å². The second-order valence-electron chi connectivity index (χ2n) is 1.67. The van der Waals surface area contributed by atoms with Crippen molar-refractivity contribution in [1.82, 2.24) is 5.16 Å². The summed E-state index contributed by atoms with van der Waals surface area (Å²) in [7, 11) is 0. The van der Waals surface area contributed by atoms with Gasteiger partial charge in [0, 0.05) is 6.07 Å². The molecule has 1 heterocycles. The van der Waals surface area contributed by atoms with E-state index in [0.717, 1.165) is 16.8 Å². The van der Waals surface area contributed by atoms with Crippen molar-refractivity contribution in [2.75, 3.05) is 0 Å². The summed E-state index contributed by atoms with van der Waals surface area (Å²) in [5, 5.41) is 4.46. The molecule has 0 aliphatic carbocycles. The largest absolute Gasteiger partial charge is 0.360 e. The maximum absolute atomic E-state index is 4.87. The van der Waals surface area contributed by atoms with Gasteiger partial charge in [-0.1, -0.05) is 21.1 Å². The standard InChI is InChI=1S/C6H7BrNO/c1-2-5-3-6(4-7)9-8-5/h3H,1-2,4H2. The van der Waals surface area contributed by atoms with Crippen LogP contribution in [-0.2, 0) is 11.8 Å². The van der Waals surface area contributed by atoms with Crippen molar-refractivity contribution < 1.29 is 4.52 Å². The van der Waals surface area contributed by atoms with Crippen LogP contribution in [0.1, 0.15) is 11.5 Å². The van der Waals surface area contributed by atoms with E-state index in [1.807, 2.05) is 6.07 Å². The monoisotopic (exact) mass is 188 g/mol. The number of hydrogen-bond donors (Lipinski definition) is 0. The molecule has 0 unspecified atom stereocenters. The number of aromatic nitrogens is 1. The van der Waals surface area contributed by atoms with E-state index >= 15 is 0 Å². The van der Waals surface area contributed by atoms with Crippen LogP contribution in [0.4, 0.5) is 0 Å². The highest BCUT2D eigenvalue weighted by molar-refractivity contribution is 9.08. The lowest BCUT2D eigenvalue weighted by Gasteiger charge is -1.76. The van der Waals surface area contributed by atoms with Gasteiger partial charge in [-0.2, -0.15) is 0 Å². The fourth-order valence-corrected chi connectivity index (χ4v) is 0.801. The van der Waals surface area contributed by atoms with Crippen LogP contribution in [0.15, 0.2) is 10.6 Å². The molecule has 1 aromatic heterocycles. The molecule has 1 rings (SSSR count). The molecule has 1 aromatic rings. The van der Waals surface area contributed by atoms with Gasteiger partial charge in [0.1, 0.15) is 5.76 Å². The predicted octanol–water partition coefficient (Wildman–Crippen LogP) is 1.95. The third-order valence-electron chi connectivity index (χ3n) is 0.996. The molecule has 0 saturated carbocycles. The fraction of sp³-hybridized carbons (Fsp3) is 0.333. The molecule has 0 aliphatic rings. The summed E-state index contributed by atoms with van der Waals surface area (Å²) >= 11 is 3.25. The van der Waals surface area contributed by atoms with Crippen LogP contribution in [0.5, 0.6) is 0 Å². The highest BCUT2D eigenvalue weighted by atomic mass is 79.9. The van der Waals surface area contributed by atoms with E-state index < -0.39 is 0 Å². The lowest BCUT2D eigenvalue weighted by Crippen LogP contribution is -1.74. The van der Waals surface area contributed by atoms with Crippen molar-refractivity contribution in [1.29, 1.82) is 0 Å². The molecule has 0 fully saturated rings. The Hall–Kier alpha value is -0.310. The normalized spacial score (nSPS) is 10.0. The molecule has 49 valence electrons. The Morgan fingerprint density at radius 3 is 2.89 bits per heavy atom. The van der Waals surface area contributed by atoms with Gasteiger partial charge in [0.15, 0.2) is 0 Å². The van der Waals surface area contributed by atoms with Gasteiger partial charge in [-0.25, -0.2) is 0 Å². The molecule has 0 saturated heterocycles. The van der Waals surface area contributed by atoms with E-state index in [1.165, 1.54) is 0 Å². The minimum absolute atomic E-state index is 0.691. The number of halogens is 1. The smallest absolute Gasteiger partial charge is 0.147 e. The van der Waals surface area contributed by atoms with Crippen LogP contribution in [0.2, 0.25) is 0 Å². The Bertz CT molecular complexity index is 166. The Kier molecular flexibility index (Phi) is 2.28. The van der Waals surface area contributed by atoms with Gasteiger partial charge < -0.3 is 4.52 Å². The van der Waals surface area contributed by atoms with E-state index in [0.29, 0.717) is 6.42 Å². The third-order valence-corrected chi connectivity index (χ3v) is 1.55. The predicted molar refractivity (Wildman–Crippen MR) is 38.2 cm³/mol. The quantitative estimate of drug-likeness (QED) is 0.664. The summed E-state index contributed by atoms with van der Waals surface area (Å²) in [6.07, 6.45) is 0.691. The van der Waals surface area contributed by atoms with Gasteiger partial charge >= 0.3 is 0 Å². The highest BCUT2D eigenvalue weighted by Crippen LogP contribution is 2.07. The molecule has 0 amide bonds. The first-order chi connectivity index (χ1) is 4.36. The molecule has 2 nitrogen and oxygen atoms in total. The van der Waals surface area contributed by atoms with E-state index in [1.54, 1.807) is 0 Å². The molecule has 9 heavy (non-hydrogen) atoms. The first-order valence-electron chi connectivity index (χ1n) is 2.66. The van der Waals surface area contributed by atoms with Crippen molar-refractivity contribution in [2.24, 2.45) is 0 Å². The van der Waals surface area contributed by atoms with Gasteiger partial charge in [-0.05, 0) is 13.3 Å². The molecule has 0 aliphatic heterocycles. The number of rotatable bonds is 2. The summed E-state index contributed by atoms with van der Waals surface area (Å²) < 4.78 is 4.87. The zero-order valence-electron chi connectivity index (χ0n) is 4.93. The van der Waals surface area contributed by atoms with Crippen LogP contribution < -0.4 is 0 Å². The summed E-state index contributed by atoms with van der Waals surface area (Å²) in [6, 6.07) is 1.89. The minimum atomic E-state index is 0.691. The Balaban J connectivity index is 2.74. The second kappa shape index (κ2) is 3.01. The van der Waals surface area contributed by atoms with Crippen LogP contribution in [0.3, 0.4) is 0 Å². The third kappa shape index (κ3) is 1.55.